The summed E-state index contributed by atoms with van der Waals surface area (Å²) in [6.45, 7) is 0.690. The summed E-state index contributed by atoms with van der Waals surface area (Å²) in [7, 11) is -3.08. The van der Waals surface area contributed by atoms with Crippen LogP contribution in [0.3, 0.4) is 0 Å². The SMILES string of the molecule is COC(=O)CN(c1ccc(F)c(Cl)c1)S(=O)(=O)c1ccc(NC(C)=O)cc1. The Morgan fingerprint density at radius 3 is 2.33 bits per heavy atom. The third-order valence-corrected chi connectivity index (χ3v) is 5.53. The number of carbonyl (C=O) groups is 2. The number of rotatable bonds is 6. The van der Waals surface area contributed by atoms with Gasteiger partial charge in [-0.2, -0.15) is 0 Å². The summed E-state index contributed by atoms with van der Waals surface area (Å²) in [5.74, 6) is -1.84. The predicted molar refractivity (Wildman–Crippen MR) is 98.7 cm³/mol. The number of esters is 1. The molecule has 0 radical (unpaired) electrons. The van der Waals surface area contributed by atoms with Gasteiger partial charge in [0.2, 0.25) is 5.91 Å². The molecule has 0 aliphatic heterocycles. The van der Waals surface area contributed by atoms with E-state index >= 15 is 0 Å². The quantitative estimate of drug-likeness (QED) is 0.734. The number of hydrogen-bond acceptors (Lipinski definition) is 5. The van der Waals surface area contributed by atoms with E-state index in [1.807, 2.05) is 0 Å². The molecule has 0 aliphatic carbocycles. The van der Waals surface area contributed by atoms with Crippen LogP contribution < -0.4 is 9.62 Å². The van der Waals surface area contributed by atoms with E-state index in [9.17, 15) is 22.4 Å². The normalized spacial score (nSPS) is 11.0. The van der Waals surface area contributed by atoms with Crippen molar-refractivity contribution in [2.45, 2.75) is 11.8 Å². The molecule has 7 nitrogen and oxygen atoms in total. The lowest BCUT2D eigenvalue weighted by atomic mass is 10.3. The zero-order valence-corrected chi connectivity index (χ0v) is 16.0. The van der Waals surface area contributed by atoms with Gasteiger partial charge in [0.25, 0.3) is 10.0 Å². The summed E-state index contributed by atoms with van der Waals surface area (Å²) in [5, 5.41) is 2.23. The van der Waals surface area contributed by atoms with Gasteiger partial charge in [0.15, 0.2) is 0 Å². The van der Waals surface area contributed by atoms with E-state index in [4.69, 9.17) is 11.6 Å². The van der Waals surface area contributed by atoms with E-state index in [0.717, 1.165) is 23.5 Å². The van der Waals surface area contributed by atoms with E-state index in [-0.39, 0.29) is 21.5 Å². The molecular formula is C17H16ClFN2O5S. The molecule has 1 amide bonds. The van der Waals surface area contributed by atoms with Crippen LogP contribution in [0.25, 0.3) is 0 Å². The van der Waals surface area contributed by atoms with Crippen molar-refractivity contribution in [2.24, 2.45) is 0 Å². The molecule has 0 unspecified atom stereocenters. The summed E-state index contributed by atoms with van der Waals surface area (Å²) in [6.07, 6.45) is 0. The van der Waals surface area contributed by atoms with Gasteiger partial charge in [-0.1, -0.05) is 11.6 Å². The zero-order chi connectivity index (χ0) is 20.2. The van der Waals surface area contributed by atoms with Crippen molar-refractivity contribution in [1.82, 2.24) is 0 Å². The lowest BCUT2D eigenvalue weighted by molar-refractivity contribution is -0.138. The minimum atomic E-state index is -4.20. The van der Waals surface area contributed by atoms with Crippen molar-refractivity contribution in [3.8, 4) is 0 Å². The first kappa shape index (κ1) is 20.7. The molecule has 0 spiro atoms. The second kappa shape index (κ2) is 8.36. The molecule has 2 rings (SSSR count). The number of carbonyl (C=O) groups excluding carboxylic acids is 2. The van der Waals surface area contributed by atoms with Gasteiger partial charge in [-0.15, -0.1) is 0 Å². The van der Waals surface area contributed by atoms with E-state index in [1.54, 1.807) is 0 Å². The first-order valence-electron chi connectivity index (χ1n) is 7.57. The number of halogens is 2. The fourth-order valence-corrected chi connectivity index (χ4v) is 3.75. The van der Waals surface area contributed by atoms with Gasteiger partial charge in [0, 0.05) is 12.6 Å². The third-order valence-electron chi connectivity index (χ3n) is 3.45. The van der Waals surface area contributed by atoms with Crippen molar-refractivity contribution in [1.29, 1.82) is 0 Å². The number of ether oxygens (including phenoxy) is 1. The Hall–Kier alpha value is -2.65. The molecule has 0 fully saturated rings. The fraction of sp³-hybridized carbons (Fsp3) is 0.176. The minimum Gasteiger partial charge on any atom is -0.468 e. The molecule has 144 valence electrons. The topological polar surface area (TPSA) is 92.8 Å². The Kier molecular flexibility index (Phi) is 6.40. The molecule has 0 saturated heterocycles. The third kappa shape index (κ3) is 4.95. The number of nitrogens with one attached hydrogen (secondary N) is 1. The van der Waals surface area contributed by atoms with E-state index < -0.39 is 28.4 Å². The second-order valence-electron chi connectivity index (χ2n) is 5.39. The number of sulfonamides is 1. The fourth-order valence-electron chi connectivity index (χ4n) is 2.18. The molecular weight excluding hydrogens is 399 g/mol. The molecule has 0 atom stereocenters. The van der Waals surface area contributed by atoms with Crippen molar-refractivity contribution >= 4 is 44.9 Å². The van der Waals surface area contributed by atoms with Crippen molar-refractivity contribution in [3.63, 3.8) is 0 Å². The summed E-state index contributed by atoms with van der Waals surface area (Å²) in [5.41, 5.74) is 0.406. The Morgan fingerprint density at radius 2 is 1.81 bits per heavy atom. The Morgan fingerprint density at radius 1 is 1.19 bits per heavy atom. The zero-order valence-electron chi connectivity index (χ0n) is 14.4. The van der Waals surface area contributed by atoms with Gasteiger partial charge in [-0.25, -0.2) is 12.8 Å². The molecule has 1 N–H and O–H groups in total. The summed E-state index contributed by atoms with van der Waals surface area (Å²) in [4.78, 5) is 22.6. The molecule has 0 saturated carbocycles. The van der Waals surface area contributed by atoms with Crippen LogP contribution in [0, 0.1) is 5.82 Å². The molecule has 27 heavy (non-hydrogen) atoms. The highest BCUT2D eigenvalue weighted by atomic mass is 35.5. The lowest BCUT2D eigenvalue weighted by Gasteiger charge is -2.23. The molecule has 0 bridgehead atoms. The highest BCUT2D eigenvalue weighted by Crippen LogP contribution is 2.28. The van der Waals surface area contributed by atoms with Gasteiger partial charge in [0.05, 0.1) is 22.7 Å². The largest absolute Gasteiger partial charge is 0.468 e. The Balaban J connectivity index is 2.47. The standard InChI is InChI=1S/C17H16ClFN2O5S/c1-11(22)20-12-3-6-14(7-4-12)27(24,25)21(10-17(23)26-2)13-5-8-16(19)15(18)9-13/h3-9H,10H2,1-2H3,(H,20,22). The monoisotopic (exact) mass is 414 g/mol. The molecule has 2 aromatic carbocycles. The van der Waals surface area contributed by atoms with E-state index in [0.29, 0.717) is 5.69 Å². The summed E-state index contributed by atoms with van der Waals surface area (Å²) >= 11 is 5.74. The molecule has 0 aliphatic rings. The van der Waals surface area contributed by atoms with E-state index in [2.05, 4.69) is 10.1 Å². The summed E-state index contributed by atoms with van der Waals surface area (Å²) in [6, 6.07) is 8.64. The van der Waals surface area contributed by atoms with Crippen LogP contribution in [0.5, 0.6) is 0 Å². The molecule has 10 heteroatoms. The summed E-state index contributed by atoms with van der Waals surface area (Å²) < 4.78 is 44.8. The number of amides is 1. The van der Waals surface area contributed by atoms with Crippen molar-refractivity contribution < 1.29 is 27.1 Å². The van der Waals surface area contributed by atoms with Crippen LogP contribution in [0.4, 0.5) is 15.8 Å². The number of methoxy groups -OCH3 is 1. The van der Waals surface area contributed by atoms with Gasteiger partial charge in [0.1, 0.15) is 12.4 Å². The van der Waals surface area contributed by atoms with Crippen LogP contribution in [0.2, 0.25) is 5.02 Å². The molecule has 0 aromatic heterocycles. The number of nitrogens with zero attached hydrogens (tertiary/aromatic N) is 1. The molecule has 2 aromatic rings. The maximum Gasteiger partial charge on any atom is 0.326 e. The van der Waals surface area contributed by atoms with Crippen LogP contribution in [-0.2, 0) is 24.3 Å². The van der Waals surface area contributed by atoms with Crippen LogP contribution in [0.1, 0.15) is 6.92 Å². The predicted octanol–water partition coefficient (Wildman–Crippen LogP) is 2.81. The molecule has 0 heterocycles. The highest BCUT2D eigenvalue weighted by Gasteiger charge is 2.28. The number of hydrogen-bond donors (Lipinski definition) is 1. The van der Waals surface area contributed by atoms with Gasteiger partial charge in [-0.05, 0) is 42.5 Å². The van der Waals surface area contributed by atoms with Crippen LogP contribution in [0.15, 0.2) is 47.4 Å². The van der Waals surface area contributed by atoms with Gasteiger partial charge < -0.3 is 10.1 Å². The Bertz CT molecular complexity index is 964. The average Bonchev–Trinajstić information content (AvgIpc) is 2.61. The van der Waals surface area contributed by atoms with Gasteiger partial charge in [-0.3, -0.25) is 13.9 Å². The number of anilines is 2. The van der Waals surface area contributed by atoms with Crippen molar-refractivity contribution in [3.05, 3.63) is 53.3 Å². The van der Waals surface area contributed by atoms with Crippen molar-refractivity contribution in [2.75, 3.05) is 23.3 Å². The average molecular weight is 415 g/mol. The maximum atomic E-state index is 13.4. The number of benzene rings is 2. The maximum absolute atomic E-state index is 13.4. The first-order valence-corrected chi connectivity index (χ1v) is 9.39. The Labute approximate surface area is 160 Å². The van der Waals surface area contributed by atoms with E-state index in [1.165, 1.54) is 37.3 Å². The second-order valence-corrected chi connectivity index (χ2v) is 7.66. The minimum absolute atomic E-state index is 0.00209. The van der Waals surface area contributed by atoms with Gasteiger partial charge >= 0.3 is 5.97 Å². The first-order chi connectivity index (χ1) is 12.6. The highest BCUT2D eigenvalue weighted by molar-refractivity contribution is 7.92. The van der Waals surface area contributed by atoms with Crippen LogP contribution in [-0.4, -0.2) is 33.9 Å². The lowest BCUT2D eigenvalue weighted by Crippen LogP contribution is -2.36. The smallest absolute Gasteiger partial charge is 0.326 e. The van der Waals surface area contributed by atoms with Crippen LogP contribution >= 0.6 is 11.6 Å².